The molecule has 0 aliphatic carbocycles. The van der Waals surface area contributed by atoms with Gasteiger partial charge in [0.1, 0.15) is 11.4 Å². The monoisotopic (exact) mass is 270 g/mol. The number of rotatable bonds is 2. The SMILES string of the molecule is O=C(O)c1cccc(C(=O)O)n1.[Rh]. The molecule has 0 spiro atoms. The Morgan fingerprint density at radius 1 is 1.08 bits per heavy atom. The van der Waals surface area contributed by atoms with Crippen molar-refractivity contribution in [1.29, 1.82) is 0 Å². The Morgan fingerprint density at radius 2 is 1.46 bits per heavy atom. The molecule has 1 rings (SSSR count). The van der Waals surface area contributed by atoms with Crippen molar-refractivity contribution >= 4 is 11.9 Å². The molecule has 0 bridgehead atoms. The van der Waals surface area contributed by atoms with Crippen molar-refractivity contribution in [2.45, 2.75) is 0 Å². The molecule has 1 heterocycles. The number of nitrogens with zero attached hydrogens (tertiary/aromatic N) is 1. The van der Waals surface area contributed by atoms with Gasteiger partial charge in [-0.3, -0.25) is 0 Å². The topological polar surface area (TPSA) is 87.5 Å². The predicted molar refractivity (Wildman–Crippen MR) is 38.2 cm³/mol. The van der Waals surface area contributed by atoms with Crippen LogP contribution < -0.4 is 0 Å². The molecule has 1 radical (unpaired) electrons. The van der Waals surface area contributed by atoms with E-state index in [0.717, 1.165) is 0 Å². The van der Waals surface area contributed by atoms with Crippen LogP contribution >= 0.6 is 0 Å². The van der Waals surface area contributed by atoms with Crippen LogP contribution in [0.4, 0.5) is 0 Å². The Balaban J connectivity index is 0.00000144. The predicted octanol–water partition coefficient (Wildman–Crippen LogP) is 0.475. The number of carboxylic acids is 2. The van der Waals surface area contributed by atoms with Crippen molar-refractivity contribution in [1.82, 2.24) is 4.98 Å². The smallest absolute Gasteiger partial charge is 0.354 e. The Labute approximate surface area is 86.2 Å². The summed E-state index contributed by atoms with van der Waals surface area (Å²) in [4.78, 5) is 24.0. The molecule has 71 valence electrons. The molecule has 1 aromatic heterocycles. The first-order chi connectivity index (χ1) is 5.61. The molecule has 0 saturated carbocycles. The first kappa shape index (κ1) is 11.7. The van der Waals surface area contributed by atoms with Gasteiger partial charge in [-0.25, -0.2) is 14.6 Å². The summed E-state index contributed by atoms with van der Waals surface area (Å²) in [6.07, 6.45) is 0. The summed E-state index contributed by atoms with van der Waals surface area (Å²) in [5, 5.41) is 16.9. The number of carboxylic acid groups (broad SMARTS) is 2. The molecule has 1 aromatic rings. The summed E-state index contributed by atoms with van der Waals surface area (Å²) in [5.41, 5.74) is -0.537. The van der Waals surface area contributed by atoms with Gasteiger partial charge in [-0.15, -0.1) is 0 Å². The van der Waals surface area contributed by atoms with Crippen LogP contribution in [0.3, 0.4) is 0 Å². The van der Waals surface area contributed by atoms with Crippen LogP contribution in [0.2, 0.25) is 0 Å². The molecule has 0 unspecified atom stereocenters. The van der Waals surface area contributed by atoms with Crippen LogP contribution in [-0.4, -0.2) is 27.1 Å². The quantitative estimate of drug-likeness (QED) is 0.763. The molecule has 0 aliphatic heterocycles. The molecule has 0 amide bonds. The number of aromatic nitrogens is 1. The Kier molecular flexibility index (Phi) is 4.21. The number of aromatic carboxylic acids is 2. The van der Waals surface area contributed by atoms with Gasteiger partial charge in [-0.2, -0.15) is 0 Å². The molecular formula is C7H5NO4Rh. The standard InChI is InChI=1S/C7H5NO4.Rh/c9-6(10)4-2-1-3-5(8-4)7(11)12;/h1-3H,(H,9,10)(H,11,12);. The third-order valence-corrected chi connectivity index (χ3v) is 1.19. The number of hydrogen-bond acceptors (Lipinski definition) is 3. The fourth-order valence-corrected chi connectivity index (χ4v) is 0.673. The van der Waals surface area contributed by atoms with Crippen molar-refractivity contribution < 1.29 is 39.3 Å². The van der Waals surface area contributed by atoms with E-state index in [1.807, 2.05) is 0 Å². The summed E-state index contributed by atoms with van der Waals surface area (Å²) in [5.74, 6) is -2.48. The zero-order valence-electron chi connectivity index (χ0n) is 6.22. The second-order valence-corrected chi connectivity index (χ2v) is 2.02. The van der Waals surface area contributed by atoms with Crippen molar-refractivity contribution in [3.05, 3.63) is 29.6 Å². The van der Waals surface area contributed by atoms with Gasteiger partial charge in [0.2, 0.25) is 0 Å². The fraction of sp³-hybridized carbons (Fsp3) is 0. The van der Waals surface area contributed by atoms with E-state index in [0.29, 0.717) is 0 Å². The fourth-order valence-electron chi connectivity index (χ4n) is 0.673. The average Bonchev–Trinajstić information content (AvgIpc) is 2.04. The molecule has 0 atom stereocenters. The third kappa shape index (κ3) is 2.91. The number of hydrogen-bond donors (Lipinski definition) is 2. The van der Waals surface area contributed by atoms with Gasteiger partial charge in [0.15, 0.2) is 0 Å². The van der Waals surface area contributed by atoms with Gasteiger partial charge >= 0.3 is 11.9 Å². The summed E-state index contributed by atoms with van der Waals surface area (Å²) in [6.45, 7) is 0. The average molecular weight is 270 g/mol. The van der Waals surface area contributed by atoms with E-state index in [1.54, 1.807) is 0 Å². The number of pyridine rings is 1. The van der Waals surface area contributed by atoms with E-state index in [9.17, 15) is 9.59 Å². The van der Waals surface area contributed by atoms with Gasteiger partial charge in [-0.05, 0) is 12.1 Å². The first-order valence-corrected chi connectivity index (χ1v) is 3.05. The van der Waals surface area contributed by atoms with Crippen molar-refractivity contribution in [2.24, 2.45) is 0 Å². The minimum Gasteiger partial charge on any atom is -0.477 e. The van der Waals surface area contributed by atoms with E-state index in [2.05, 4.69) is 4.98 Å². The zero-order chi connectivity index (χ0) is 9.14. The molecule has 0 aromatic carbocycles. The van der Waals surface area contributed by atoms with Gasteiger partial charge in [0, 0.05) is 19.5 Å². The van der Waals surface area contributed by atoms with Gasteiger partial charge in [0.25, 0.3) is 0 Å². The third-order valence-electron chi connectivity index (χ3n) is 1.19. The van der Waals surface area contributed by atoms with Crippen LogP contribution in [0, 0.1) is 0 Å². The zero-order valence-corrected chi connectivity index (χ0v) is 7.86. The summed E-state index contributed by atoms with van der Waals surface area (Å²) >= 11 is 0. The van der Waals surface area contributed by atoms with Crippen LogP contribution in [-0.2, 0) is 19.5 Å². The Morgan fingerprint density at radius 3 is 1.77 bits per heavy atom. The molecule has 6 heteroatoms. The molecular weight excluding hydrogens is 265 g/mol. The van der Waals surface area contributed by atoms with Gasteiger partial charge in [0.05, 0.1) is 0 Å². The largest absolute Gasteiger partial charge is 0.477 e. The van der Waals surface area contributed by atoms with Crippen molar-refractivity contribution in [3.8, 4) is 0 Å². The molecule has 0 saturated heterocycles. The van der Waals surface area contributed by atoms with Crippen molar-refractivity contribution in [2.75, 3.05) is 0 Å². The molecule has 2 N–H and O–H groups in total. The van der Waals surface area contributed by atoms with Gasteiger partial charge < -0.3 is 10.2 Å². The van der Waals surface area contributed by atoms with Crippen LogP contribution in [0.25, 0.3) is 0 Å². The summed E-state index contributed by atoms with van der Waals surface area (Å²) in [7, 11) is 0. The summed E-state index contributed by atoms with van der Waals surface area (Å²) < 4.78 is 0. The van der Waals surface area contributed by atoms with Crippen LogP contribution in [0.1, 0.15) is 21.0 Å². The van der Waals surface area contributed by atoms with E-state index < -0.39 is 11.9 Å². The second-order valence-electron chi connectivity index (χ2n) is 2.02. The summed E-state index contributed by atoms with van der Waals surface area (Å²) in [6, 6.07) is 3.80. The Bertz CT molecular complexity index is 310. The van der Waals surface area contributed by atoms with E-state index in [-0.39, 0.29) is 30.9 Å². The minimum absolute atomic E-state index is 0. The second kappa shape index (κ2) is 4.67. The maximum Gasteiger partial charge on any atom is 0.354 e. The normalized spacial score (nSPS) is 8.62. The van der Waals surface area contributed by atoms with Crippen molar-refractivity contribution in [3.63, 3.8) is 0 Å². The van der Waals surface area contributed by atoms with E-state index in [1.165, 1.54) is 18.2 Å². The minimum atomic E-state index is -1.24. The maximum absolute atomic E-state index is 10.3. The first-order valence-electron chi connectivity index (χ1n) is 3.05. The molecule has 0 fully saturated rings. The van der Waals surface area contributed by atoms with Crippen LogP contribution in [0.5, 0.6) is 0 Å². The molecule has 0 aliphatic rings. The van der Waals surface area contributed by atoms with Crippen LogP contribution in [0.15, 0.2) is 18.2 Å². The molecule has 5 nitrogen and oxygen atoms in total. The maximum atomic E-state index is 10.3. The molecule has 13 heavy (non-hydrogen) atoms. The Hall–Kier alpha value is -1.29. The van der Waals surface area contributed by atoms with Gasteiger partial charge in [-0.1, -0.05) is 6.07 Å². The van der Waals surface area contributed by atoms with E-state index in [4.69, 9.17) is 10.2 Å². The van der Waals surface area contributed by atoms with E-state index >= 15 is 0 Å². The number of carbonyl (C=O) groups is 2.